The predicted molar refractivity (Wildman–Crippen MR) is 37.9 cm³/mol. The van der Waals surface area contributed by atoms with Crippen LogP contribution in [0.25, 0.3) is 0 Å². The number of aliphatic hydroxyl groups excluding tert-OH is 2. The molecule has 0 aromatic carbocycles. The molecule has 4 heteroatoms. The van der Waals surface area contributed by atoms with Gasteiger partial charge < -0.3 is 19.7 Å². The highest BCUT2D eigenvalue weighted by atomic mass is 16.7. The summed E-state index contributed by atoms with van der Waals surface area (Å²) >= 11 is 0. The average Bonchev–Trinajstić information content (AvgIpc) is 2.05. The lowest BCUT2D eigenvalue weighted by Gasteiger charge is -2.31. The molecule has 1 aliphatic heterocycles. The van der Waals surface area contributed by atoms with Gasteiger partial charge >= 0.3 is 0 Å². The molecular formula is C7H14O4. The minimum Gasteiger partial charge on any atom is -0.396 e. The van der Waals surface area contributed by atoms with Gasteiger partial charge in [-0.1, -0.05) is 0 Å². The van der Waals surface area contributed by atoms with E-state index in [1.54, 1.807) is 7.11 Å². The Morgan fingerprint density at radius 1 is 1.64 bits per heavy atom. The highest BCUT2D eigenvalue weighted by Gasteiger charge is 2.28. The first-order chi connectivity index (χ1) is 5.27. The van der Waals surface area contributed by atoms with E-state index < -0.39 is 6.10 Å². The van der Waals surface area contributed by atoms with Gasteiger partial charge in [-0.2, -0.15) is 0 Å². The minimum absolute atomic E-state index is 0.00954. The molecule has 1 aliphatic rings. The fourth-order valence-corrected chi connectivity index (χ4v) is 1.17. The summed E-state index contributed by atoms with van der Waals surface area (Å²) in [7, 11) is 1.55. The maximum Gasteiger partial charge on any atom is 0.157 e. The van der Waals surface area contributed by atoms with E-state index in [4.69, 9.17) is 14.6 Å². The number of ether oxygens (including phenoxy) is 2. The smallest absolute Gasteiger partial charge is 0.157 e. The van der Waals surface area contributed by atoms with Crippen LogP contribution in [-0.4, -0.2) is 42.9 Å². The third-order valence-corrected chi connectivity index (χ3v) is 1.99. The van der Waals surface area contributed by atoms with E-state index in [-0.39, 0.29) is 25.4 Å². The second-order valence-electron chi connectivity index (χ2n) is 2.74. The molecule has 0 amide bonds. The standard InChI is InChI=1S/C7H14O4/c1-10-7-2-5(3-8)6(9)4-11-7/h5-9H,2-4H2,1H3. The zero-order chi connectivity index (χ0) is 8.27. The first kappa shape index (κ1) is 8.93. The van der Waals surface area contributed by atoms with Gasteiger partial charge in [0.2, 0.25) is 0 Å². The van der Waals surface area contributed by atoms with Gasteiger partial charge in [0.1, 0.15) is 0 Å². The van der Waals surface area contributed by atoms with Crippen molar-refractivity contribution < 1.29 is 19.7 Å². The number of hydrogen-bond donors (Lipinski definition) is 2. The molecule has 0 aromatic rings. The lowest BCUT2D eigenvalue weighted by Crippen LogP contribution is -2.39. The van der Waals surface area contributed by atoms with Crippen molar-refractivity contribution in [2.75, 3.05) is 20.3 Å². The zero-order valence-corrected chi connectivity index (χ0v) is 6.56. The van der Waals surface area contributed by atoms with E-state index in [2.05, 4.69) is 0 Å². The molecule has 1 fully saturated rings. The van der Waals surface area contributed by atoms with Gasteiger partial charge in [0.05, 0.1) is 12.7 Å². The number of hydrogen-bond acceptors (Lipinski definition) is 4. The van der Waals surface area contributed by atoms with Crippen LogP contribution in [0.1, 0.15) is 6.42 Å². The molecule has 4 nitrogen and oxygen atoms in total. The molecule has 11 heavy (non-hydrogen) atoms. The Labute approximate surface area is 65.7 Å². The zero-order valence-electron chi connectivity index (χ0n) is 6.56. The Bertz CT molecular complexity index is 117. The van der Waals surface area contributed by atoms with Gasteiger partial charge in [-0.15, -0.1) is 0 Å². The van der Waals surface area contributed by atoms with Crippen molar-refractivity contribution in [3.63, 3.8) is 0 Å². The summed E-state index contributed by atoms with van der Waals surface area (Å²) in [4.78, 5) is 0. The molecule has 0 bridgehead atoms. The lowest BCUT2D eigenvalue weighted by atomic mass is 9.98. The van der Waals surface area contributed by atoms with Crippen LogP contribution in [0.2, 0.25) is 0 Å². The Balaban J connectivity index is 2.37. The van der Waals surface area contributed by atoms with Gasteiger partial charge in [0, 0.05) is 26.1 Å². The Morgan fingerprint density at radius 3 is 2.91 bits per heavy atom. The molecule has 0 spiro atoms. The quantitative estimate of drug-likeness (QED) is 0.566. The highest BCUT2D eigenvalue weighted by Crippen LogP contribution is 2.20. The normalized spacial score (nSPS) is 39.0. The van der Waals surface area contributed by atoms with Crippen molar-refractivity contribution in [1.82, 2.24) is 0 Å². The minimum atomic E-state index is -0.550. The maximum absolute atomic E-state index is 9.24. The third-order valence-electron chi connectivity index (χ3n) is 1.99. The highest BCUT2D eigenvalue weighted by molar-refractivity contribution is 4.73. The van der Waals surface area contributed by atoms with Crippen molar-refractivity contribution in [3.8, 4) is 0 Å². The van der Waals surface area contributed by atoms with Gasteiger partial charge in [-0.05, 0) is 0 Å². The number of rotatable bonds is 2. The summed E-state index contributed by atoms with van der Waals surface area (Å²) in [5, 5.41) is 18.0. The molecule has 1 rings (SSSR count). The SMILES string of the molecule is COC1CC(CO)C(O)CO1. The fourth-order valence-electron chi connectivity index (χ4n) is 1.17. The van der Waals surface area contributed by atoms with Gasteiger partial charge in [0.15, 0.2) is 6.29 Å². The van der Waals surface area contributed by atoms with Crippen LogP contribution in [0.15, 0.2) is 0 Å². The first-order valence-corrected chi connectivity index (χ1v) is 3.71. The molecule has 1 heterocycles. The molecule has 2 N–H and O–H groups in total. The lowest BCUT2D eigenvalue weighted by molar-refractivity contribution is -0.195. The van der Waals surface area contributed by atoms with Crippen LogP contribution in [0, 0.1) is 5.92 Å². The van der Waals surface area contributed by atoms with Crippen LogP contribution in [0.3, 0.4) is 0 Å². The molecule has 66 valence electrons. The molecule has 3 unspecified atom stereocenters. The van der Waals surface area contributed by atoms with Crippen LogP contribution < -0.4 is 0 Å². The van der Waals surface area contributed by atoms with E-state index in [0.717, 1.165) is 0 Å². The van der Waals surface area contributed by atoms with E-state index in [9.17, 15) is 5.11 Å². The van der Waals surface area contributed by atoms with Crippen LogP contribution >= 0.6 is 0 Å². The third kappa shape index (κ3) is 2.13. The largest absolute Gasteiger partial charge is 0.396 e. The molecule has 0 aliphatic carbocycles. The van der Waals surface area contributed by atoms with Gasteiger partial charge in [-0.25, -0.2) is 0 Å². The summed E-state index contributed by atoms with van der Waals surface area (Å²) in [6, 6.07) is 0. The summed E-state index contributed by atoms with van der Waals surface area (Å²) in [6.07, 6.45) is -0.254. The van der Waals surface area contributed by atoms with Crippen molar-refractivity contribution in [2.24, 2.45) is 5.92 Å². The van der Waals surface area contributed by atoms with Crippen LogP contribution in [0.4, 0.5) is 0 Å². The second kappa shape index (κ2) is 4.01. The number of methoxy groups -OCH3 is 1. The molecule has 0 saturated carbocycles. The molecular weight excluding hydrogens is 148 g/mol. The summed E-state index contributed by atoms with van der Waals surface area (Å²) in [5.41, 5.74) is 0. The topological polar surface area (TPSA) is 58.9 Å². The second-order valence-corrected chi connectivity index (χ2v) is 2.74. The Kier molecular flexibility index (Phi) is 3.26. The van der Waals surface area contributed by atoms with E-state index in [1.807, 2.05) is 0 Å². The number of aliphatic hydroxyl groups is 2. The molecule has 1 saturated heterocycles. The molecule has 0 aromatic heterocycles. The summed E-state index contributed by atoms with van der Waals surface area (Å²) in [5.74, 6) is -0.103. The van der Waals surface area contributed by atoms with Crippen molar-refractivity contribution in [2.45, 2.75) is 18.8 Å². The maximum atomic E-state index is 9.24. The van der Waals surface area contributed by atoms with Crippen molar-refractivity contribution >= 4 is 0 Å². The van der Waals surface area contributed by atoms with Gasteiger partial charge in [-0.3, -0.25) is 0 Å². The Hall–Kier alpha value is -0.160. The average molecular weight is 162 g/mol. The van der Waals surface area contributed by atoms with Crippen LogP contribution in [-0.2, 0) is 9.47 Å². The van der Waals surface area contributed by atoms with E-state index in [1.165, 1.54) is 0 Å². The first-order valence-electron chi connectivity index (χ1n) is 3.71. The van der Waals surface area contributed by atoms with Crippen molar-refractivity contribution in [1.29, 1.82) is 0 Å². The van der Waals surface area contributed by atoms with Crippen molar-refractivity contribution in [3.05, 3.63) is 0 Å². The Morgan fingerprint density at radius 2 is 2.36 bits per heavy atom. The van der Waals surface area contributed by atoms with Gasteiger partial charge in [0.25, 0.3) is 0 Å². The fraction of sp³-hybridized carbons (Fsp3) is 1.00. The van der Waals surface area contributed by atoms with E-state index >= 15 is 0 Å². The predicted octanol–water partition coefficient (Wildman–Crippen LogP) is -0.651. The van der Waals surface area contributed by atoms with Crippen LogP contribution in [0.5, 0.6) is 0 Å². The molecule has 3 atom stereocenters. The molecule has 0 radical (unpaired) electrons. The summed E-state index contributed by atoms with van der Waals surface area (Å²) in [6.45, 7) is 0.244. The summed E-state index contributed by atoms with van der Waals surface area (Å²) < 4.78 is 10.0. The monoisotopic (exact) mass is 162 g/mol. The van der Waals surface area contributed by atoms with E-state index in [0.29, 0.717) is 6.42 Å².